The summed E-state index contributed by atoms with van der Waals surface area (Å²) in [6, 6.07) is 12.1. The van der Waals surface area contributed by atoms with Gasteiger partial charge in [-0.1, -0.05) is 30.3 Å². The molecule has 3 nitrogen and oxygen atoms in total. The number of nitrogens with one attached hydrogen (secondary N) is 1. The molecule has 0 aliphatic rings. The number of alkyl halides is 3. The Kier molecular flexibility index (Phi) is 6.39. The molecule has 0 aromatic heterocycles. The van der Waals surface area contributed by atoms with Gasteiger partial charge in [0.1, 0.15) is 11.6 Å². The second-order valence-electron chi connectivity index (χ2n) is 5.82. The number of rotatable bonds is 7. The van der Waals surface area contributed by atoms with Crippen molar-refractivity contribution in [3.63, 3.8) is 0 Å². The van der Waals surface area contributed by atoms with Crippen LogP contribution >= 0.6 is 0 Å². The van der Waals surface area contributed by atoms with E-state index in [-0.39, 0.29) is 24.2 Å². The summed E-state index contributed by atoms with van der Waals surface area (Å²) in [7, 11) is 3.77. The Hall–Kier alpha value is -2.12. The molecule has 0 bridgehead atoms. The number of nitrogens with zero attached hydrogens (tertiary/aromatic N) is 1. The van der Waals surface area contributed by atoms with Gasteiger partial charge in [-0.3, -0.25) is 0 Å². The van der Waals surface area contributed by atoms with E-state index in [0.29, 0.717) is 12.1 Å². The zero-order valence-electron chi connectivity index (χ0n) is 14.0. The number of para-hydroxylation sites is 1. The molecule has 0 saturated heterocycles. The number of ether oxygens (including phenoxy) is 1. The van der Waals surface area contributed by atoms with Crippen molar-refractivity contribution in [1.29, 1.82) is 0 Å². The Morgan fingerprint density at radius 1 is 1.04 bits per heavy atom. The van der Waals surface area contributed by atoms with E-state index >= 15 is 0 Å². The highest BCUT2D eigenvalue weighted by Gasteiger charge is 2.31. The first-order valence-electron chi connectivity index (χ1n) is 7.72. The van der Waals surface area contributed by atoms with Crippen molar-refractivity contribution in [1.82, 2.24) is 10.2 Å². The summed E-state index contributed by atoms with van der Waals surface area (Å²) < 4.78 is 54.5. The van der Waals surface area contributed by atoms with Crippen LogP contribution in [-0.4, -0.2) is 31.9 Å². The summed E-state index contributed by atoms with van der Waals surface area (Å²) in [5, 5.41) is 3.14. The first-order chi connectivity index (χ1) is 11.8. The second kappa shape index (κ2) is 8.31. The molecule has 7 heteroatoms. The van der Waals surface area contributed by atoms with Gasteiger partial charge in [0.05, 0.1) is 0 Å². The van der Waals surface area contributed by atoms with E-state index < -0.39 is 6.36 Å². The van der Waals surface area contributed by atoms with Crippen molar-refractivity contribution in [2.24, 2.45) is 0 Å². The van der Waals surface area contributed by atoms with Crippen LogP contribution in [0.25, 0.3) is 0 Å². The minimum Gasteiger partial charge on any atom is -0.405 e. The summed E-state index contributed by atoms with van der Waals surface area (Å²) in [6.45, 7) is 0.705. The average Bonchev–Trinajstić information content (AvgIpc) is 2.52. The average molecular weight is 356 g/mol. The number of hydrogen-bond acceptors (Lipinski definition) is 3. The predicted octanol–water partition coefficient (Wildman–Crippen LogP) is 4.12. The van der Waals surface area contributed by atoms with Gasteiger partial charge in [-0.25, -0.2) is 4.39 Å². The third-order valence-corrected chi connectivity index (χ3v) is 3.73. The maximum Gasteiger partial charge on any atom is 0.573 e. The summed E-state index contributed by atoms with van der Waals surface area (Å²) in [5.41, 5.74) is 1.33. The Balaban J connectivity index is 2.02. The molecular weight excluding hydrogens is 336 g/mol. The van der Waals surface area contributed by atoms with Gasteiger partial charge in [0, 0.05) is 24.7 Å². The van der Waals surface area contributed by atoms with Crippen LogP contribution in [-0.2, 0) is 6.54 Å². The van der Waals surface area contributed by atoms with Gasteiger partial charge in [-0.05, 0) is 37.9 Å². The van der Waals surface area contributed by atoms with Crippen molar-refractivity contribution in [3.05, 3.63) is 65.5 Å². The van der Waals surface area contributed by atoms with E-state index in [0.717, 1.165) is 5.56 Å². The summed E-state index contributed by atoms with van der Waals surface area (Å²) in [4.78, 5) is 1.96. The number of benzene rings is 2. The molecule has 1 atom stereocenters. The van der Waals surface area contributed by atoms with Crippen molar-refractivity contribution >= 4 is 0 Å². The highest BCUT2D eigenvalue weighted by Crippen LogP contribution is 2.26. The number of hydrogen-bond donors (Lipinski definition) is 1. The summed E-state index contributed by atoms with van der Waals surface area (Å²) in [6.07, 6.45) is -4.73. The zero-order chi connectivity index (χ0) is 18.4. The molecule has 25 heavy (non-hydrogen) atoms. The molecule has 0 saturated carbocycles. The fourth-order valence-electron chi connectivity index (χ4n) is 2.50. The lowest BCUT2D eigenvalue weighted by atomic mass is 10.1. The molecule has 0 radical (unpaired) electrons. The van der Waals surface area contributed by atoms with Crippen LogP contribution in [0.3, 0.4) is 0 Å². The Bertz CT molecular complexity index is 672. The van der Waals surface area contributed by atoms with Crippen molar-refractivity contribution in [2.75, 3.05) is 20.6 Å². The lowest BCUT2D eigenvalue weighted by Gasteiger charge is -2.25. The van der Waals surface area contributed by atoms with Crippen molar-refractivity contribution < 1.29 is 22.3 Å². The Morgan fingerprint density at radius 2 is 1.68 bits per heavy atom. The quantitative estimate of drug-likeness (QED) is 0.756. The normalized spacial score (nSPS) is 13.1. The van der Waals surface area contributed by atoms with E-state index in [1.807, 2.05) is 19.0 Å². The molecule has 2 aromatic rings. The van der Waals surface area contributed by atoms with E-state index in [1.54, 1.807) is 24.3 Å². The van der Waals surface area contributed by atoms with E-state index in [9.17, 15) is 17.6 Å². The summed E-state index contributed by atoms with van der Waals surface area (Å²) in [5.74, 6) is -0.530. The van der Waals surface area contributed by atoms with Crippen molar-refractivity contribution in [2.45, 2.75) is 18.9 Å². The fraction of sp³-hybridized carbons (Fsp3) is 0.333. The first-order valence-corrected chi connectivity index (χ1v) is 7.72. The zero-order valence-corrected chi connectivity index (χ0v) is 14.0. The van der Waals surface area contributed by atoms with Gasteiger partial charge in [-0.15, -0.1) is 13.2 Å². The van der Waals surface area contributed by atoms with Crippen LogP contribution in [0.5, 0.6) is 5.75 Å². The smallest absolute Gasteiger partial charge is 0.405 e. The standard InChI is InChI=1S/C18H20F4N2O/c1-24(2)16(13-7-9-15(19)10-8-13)12-23-11-14-5-3-4-6-17(14)25-18(20,21)22/h3-10,16,23H,11-12H2,1-2H3. The molecule has 1 N–H and O–H groups in total. The monoisotopic (exact) mass is 356 g/mol. The SMILES string of the molecule is CN(C)C(CNCc1ccccc1OC(F)(F)F)c1ccc(F)cc1. The minimum atomic E-state index is -4.73. The predicted molar refractivity (Wildman–Crippen MR) is 87.7 cm³/mol. The molecule has 2 aromatic carbocycles. The third kappa shape index (κ3) is 6.03. The summed E-state index contributed by atoms with van der Waals surface area (Å²) >= 11 is 0. The maximum absolute atomic E-state index is 13.1. The van der Waals surface area contributed by atoms with Crippen LogP contribution in [0, 0.1) is 5.82 Å². The van der Waals surface area contributed by atoms with E-state index in [4.69, 9.17) is 0 Å². The van der Waals surface area contributed by atoms with Crippen LogP contribution in [0.15, 0.2) is 48.5 Å². The lowest BCUT2D eigenvalue weighted by molar-refractivity contribution is -0.274. The van der Waals surface area contributed by atoms with Crippen LogP contribution in [0.1, 0.15) is 17.2 Å². The van der Waals surface area contributed by atoms with E-state index in [2.05, 4.69) is 10.1 Å². The van der Waals surface area contributed by atoms with Crippen molar-refractivity contribution in [3.8, 4) is 5.75 Å². The molecular formula is C18H20F4N2O. The molecule has 1 unspecified atom stereocenters. The molecule has 136 valence electrons. The highest BCUT2D eigenvalue weighted by atomic mass is 19.4. The van der Waals surface area contributed by atoms with Gasteiger partial charge in [-0.2, -0.15) is 0 Å². The molecule has 2 rings (SSSR count). The largest absolute Gasteiger partial charge is 0.573 e. The molecule has 0 fully saturated rings. The minimum absolute atomic E-state index is 0.0451. The number of likely N-dealkylation sites (N-methyl/N-ethyl adjacent to an activating group) is 1. The molecule has 0 heterocycles. The van der Waals surface area contributed by atoms with Gasteiger partial charge < -0.3 is 15.0 Å². The van der Waals surface area contributed by atoms with E-state index in [1.165, 1.54) is 24.3 Å². The lowest BCUT2D eigenvalue weighted by Crippen LogP contribution is -2.31. The molecule has 0 aliphatic carbocycles. The van der Waals surface area contributed by atoms with Gasteiger partial charge in [0.15, 0.2) is 0 Å². The molecule has 0 amide bonds. The van der Waals surface area contributed by atoms with Gasteiger partial charge >= 0.3 is 6.36 Å². The molecule has 0 spiro atoms. The van der Waals surface area contributed by atoms with Crippen LogP contribution < -0.4 is 10.1 Å². The third-order valence-electron chi connectivity index (χ3n) is 3.73. The molecule has 0 aliphatic heterocycles. The number of halogens is 4. The van der Waals surface area contributed by atoms with Crippen LogP contribution in [0.4, 0.5) is 17.6 Å². The maximum atomic E-state index is 13.1. The van der Waals surface area contributed by atoms with Gasteiger partial charge in [0.25, 0.3) is 0 Å². The fourth-order valence-corrected chi connectivity index (χ4v) is 2.50. The van der Waals surface area contributed by atoms with Gasteiger partial charge in [0.2, 0.25) is 0 Å². The Labute approximate surface area is 144 Å². The Morgan fingerprint density at radius 3 is 2.28 bits per heavy atom. The second-order valence-corrected chi connectivity index (χ2v) is 5.82. The van der Waals surface area contributed by atoms with Crippen LogP contribution in [0.2, 0.25) is 0 Å². The highest BCUT2D eigenvalue weighted by molar-refractivity contribution is 5.33. The topological polar surface area (TPSA) is 24.5 Å². The first kappa shape index (κ1) is 19.2.